The SMILES string of the molecule is C=CCOC(=O)C(C=C(C)C)=[N+](C)C. The van der Waals surface area contributed by atoms with Gasteiger partial charge in [-0.05, 0) is 13.8 Å². The second-order valence-corrected chi connectivity index (χ2v) is 3.39. The minimum Gasteiger partial charge on any atom is -0.454 e. The molecule has 0 unspecified atom stereocenters. The summed E-state index contributed by atoms with van der Waals surface area (Å²) in [5.74, 6) is -0.323. The van der Waals surface area contributed by atoms with Gasteiger partial charge in [-0.3, -0.25) is 0 Å². The molecule has 0 aromatic rings. The van der Waals surface area contributed by atoms with Gasteiger partial charge in [0, 0.05) is 6.08 Å². The lowest BCUT2D eigenvalue weighted by Crippen LogP contribution is -2.24. The molecule has 14 heavy (non-hydrogen) atoms. The van der Waals surface area contributed by atoms with E-state index in [1.165, 1.54) is 0 Å². The normalized spacial score (nSPS) is 8.86. The molecule has 0 aliphatic heterocycles. The van der Waals surface area contributed by atoms with Gasteiger partial charge in [0.1, 0.15) is 20.7 Å². The Kier molecular flexibility index (Phi) is 5.53. The van der Waals surface area contributed by atoms with Crippen molar-refractivity contribution >= 4 is 11.7 Å². The molecule has 0 rings (SSSR count). The maximum atomic E-state index is 11.5. The van der Waals surface area contributed by atoms with Gasteiger partial charge in [-0.15, -0.1) is 0 Å². The Morgan fingerprint density at radius 1 is 1.43 bits per heavy atom. The van der Waals surface area contributed by atoms with Gasteiger partial charge in [0.2, 0.25) is 0 Å². The Morgan fingerprint density at radius 3 is 2.36 bits per heavy atom. The van der Waals surface area contributed by atoms with Crippen molar-refractivity contribution in [3.63, 3.8) is 0 Å². The highest BCUT2D eigenvalue weighted by atomic mass is 16.5. The molecular formula is C11H18NO2+. The first-order valence-corrected chi connectivity index (χ1v) is 4.46. The van der Waals surface area contributed by atoms with Gasteiger partial charge in [-0.25, -0.2) is 9.37 Å². The van der Waals surface area contributed by atoms with E-state index in [0.717, 1.165) is 5.57 Å². The van der Waals surface area contributed by atoms with E-state index in [4.69, 9.17) is 4.74 Å². The van der Waals surface area contributed by atoms with Crippen LogP contribution in [0.4, 0.5) is 0 Å². The van der Waals surface area contributed by atoms with Crippen molar-refractivity contribution in [2.45, 2.75) is 13.8 Å². The molecule has 0 aliphatic rings. The number of hydrogen-bond acceptors (Lipinski definition) is 2. The molecule has 78 valence electrons. The third kappa shape index (κ3) is 4.60. The summed E-state index contributed by atoms with van der Waals surface area (Å²) in [6.45, 7) is 7.59. The first-order valence-electron chi connectivity index (χ1n) is 4.46. The number of carbonyl (C=O) groups is 1. The second-order valence-electron chi connectivity index (χ2n) is 3.39. The summed E-state index contributed by atoms with van der Waals surface area (Å²) in [7, 11) is 3.62. The van der Waals surface area contributed by atoms with E-state index in [2.05, 4.69) is 6.58 Å². The van der Waals surface area contributed by atoms with Crippen LogP contribution in [0.5, 0.6) is 0 Å². The van der Waals surface area contributed by atoms with E-state index in [0.29, 0.717) is 5.71 Å². The van der Waals surface area contributed by atoms with Gasteiger partial charge >= 0.3 is 5.97 Å². The first-order chi connectivity index (χ1) is 6.49. The number of hydrogen-bond donors (Lipinski definition) is 0. The van der Waals surface area contributed by atoms with Crippen LogP contribution in [-0.2, 0) is 9.53 Å². The molecule has 0 amide bonds. The Bertz CT molecular complexity index is 280. The lowest BCUT2D eigenvalue weighted by atomic mass is 10.2. The third-order valence-corrected chi connectivity index (χ3v) is 1.45. The van der Waals surface area contributed by atoms with Crippen molar-refractivity contribution in [3.05, 3.63) is 24.3 Å². The molecule has 0 atom stereocenters. The quantitative estimate of drug-likeness (QED) is 0.294. The molecule has 0 bridgehead atoms. The minimum atomic E-state index is -0.323. The number of rotatable bonds is 4. The van der Waals surface area contributed by atoms with E-state index in [-0.39, 0.29) is 12.6 Å². The predicted molar refractivity (Wildman–Crippen MR) is 57.7 cm³/mol. The fourth-order valence-corrected chi connectivity index (χ4v) is 0.853. The zero-order chi connectivity index (χ0) is 11.1. The summed E-state index contributed by atoms with van der Waals surface area (Å²) in [5, 5.41) is 0. The molecule has 3 heteroatoms. The monoisotopic (exact) mass is 196 g/mol. The van der Waals surface area contributed by atoms with Gasteiger partial charge in [0.25, 0.3) is 5.71 Å². The standard InChI is InChI=1S/C11H18NO2/c1-6-7-14-11(13)10(12(4)5)8-9(2)3/h6,8H,1,7H2,2-5H3/q+1. The highest BCUT2D eigenvalue weighted by molar-refractivity contribution is 6.39. The molecule has 0 N–H and O–H groups in total. The minimum absolute atomic E-state index is 0.243. The van der Waals surface area contributed by atoms with Crippen LogP contribution >= 0.6 is 0 Å². The van der Waals surface area contributed by atoms with Gasteiger partial charge in [0.15, 0.2) is 0 Å². The number of allylic oxidation sites excluding steroid dienone is 1. The lowest BCUT2D eigenvalue weighted by molar-refractivity contribution is -0.463. The molecule has 0 heterocycles. The Hall–Kier alpha value is -1.38. The summed E-state index contributed by atoms with van der Waals surface area (Å²) in [6.07, 6.45) is 3.35. The topological polar surface area (TPSA) is 29.3 Å². The van der Waals surface area contributed by atoms with Crippen LogP contribution in [0.1, 0.15) is 13.8 Å². The fraction of sp³-hybridized carbons (Fsp3) is 0.455. The maximum absolute atomic E-state index is 11.5. The predicted octanol–water partition coefficient (Wildman–Crippen LogP) is 1.39. The molecule has 3 nitrogen and oxygen atoms in total. The van der Waals surface area contributed by atoms with Crippen LogP contribution in [0, 0.1) is 0 Å². The molecule has 0 aliphatic carbocycles. The summed E-state index contributed by atoms with van der Waals surface area (Å²) in [4.78, 5) is 11.5. The van der Waals surface area contributed by atoms with Crippen molar-refractivity contribution in [2.75, 3.05) is 20.7 Å². The zero-order valence-corrected chi connectivity index (χ0v) is 9.33. The Morgan fingerprint density at radius 2 is 2.00 bits per heavy atom. The fourth-order valence-electron chi connectivity index (χ4n) is 0.853. The van der Waals surface area contributed by atoms with Gasteiger partial charge in [0.05, 0.1) is 0 Å². The average Bonchev–Trinajstić information content (AvgIpc) is 2.09. The average molecular weight is 196 g/mol. The van der Waals surface area contributed by atoms with Crippen LogP contribution in [0.15, 0.2) is 24.3 Å². The second kappa shape index (κ2) is 6.13. The van der Waals surface area contributed by atoms with E-state index >= 15 is 0 Å². The molecule has 0 fully saturated rings. The number of esters is 1. The summed E-state index contributed by atoms with van der Waals surface area (Å²) in [6, 6.07) is 0. The van der Waals surface area contributed by atoms with Crippen LogP contribution < -0.4 is 0 Å². The van der Waals surface area contributed by atoms with E-state index in [1.807, 2.05) is 27.9 Å². The highest BCUT2D eigenvalue weighted by Gasteiger charge is 2.17. The molecule has 0 saturated carbocycles. The van der Waals surface area contributed by atoms with Gasteiger partial charge in [-0.1, -0.05) is 18.2 Å². The molecule has 0 radical (unpaired) electrons. The Balaban J connectivity index is 4.70. The van der Waals surface area contributed by atoms with E-state index < -0.39 is 0 Å². The van der Waals surface area contributed by atoms with Crippen LogP contribution in [0.2, 0.25) is 0 Å². The zero-order valence-electron chi connectivity index (χ0n) is 9.33. The van der Waals surface area contributed by atoms with Crippen molar-refractivity contribution in [3.8, 4) is 0 Å². The van der Waals surface area contributed by atoms with Gasteiger partial charge < -0.3 is 4.74 Å². The van der Waals surface area contributed by atoms with Crippen molar-refractivity contribution in [1.82, 2.24) is 0 Å². The molecule has 0 aromatic carbocycles. The Labute approximate surface area is 85.4 Å². The number of ether oxygens (including phenoxy) is 1. The smallest absolute Gasteiger partial charge is 0.403 e. The summed E-state index contributed by atoms with van der Waals surface area (Å²) in [5.41, 5.74) is 1.61. The molecule has 0 saturated heterocycles. The largest absolute Gasteiger partial charge is 0.454 e. The van der Waals surface area contributed by atoms with Crippen molar-refractivity contribution in [2.24, 2.45) is 0 Å². The molecular weight excluding hydrogens is 178 g/mol. The van der Waals surface area contributed by atoms with Gasteiger partial charge in [-0.2, -0.15) is 0 Å². The lowest BCUT2D eigenvalue weighted by Gasteiger charge is -2.00. The first kappa shape index (κ1) is 12.6. The van der Waals surface area contributed by atoms with Crippen LogP contribution in [0.3, 0.4) is 0 Å². The number of nitrogens with zero attached hydrogens (tertiary/aromatic N) is 1. The third-order valence-electron chi connectivity index (χ3n) is 1.45. The molecule has 0 aromatic heterocycles. The van der Waals surface area contributed by atoms with Crippen LogP contribution in [-0.4, -0.2) is 37.0 Å². The van der Waals surface area contributed by atoms with Crippen LogP contribution in [0.25, 0.3) is 0 Å². The summed E-state index contributed by atoms with van der Waals surface area (Å²) < 4.78 is 6.67. The van der Waals surface area contributed by atoms with E-state index in [9.17, 15) is 4.79 Å². The number of carbonyl (C=O) groups excluding carboxylic acids is 1. The van der Waals surface area contributed by atoms with Crippen molar-refractivity contribution in [1.29, 1.82) is 0 Å². The highest BCUT2D eigenvalue weighted by Crippen LogP contribution is 1.93. The molecule has 0 spiro atoms. The van der Waals surface area contributed by atoms with E-state index in [1.54, 1.807) is 16.7 Å². The maximum Gasteiger partial charge on any atom is 0.403 e. The van der Waals surface area contributed by atoms with Crippen molar-refractivity contribution < 1.29 is 14.1 Å². The summed E-state index contributed by atoms with van der Waals surface area (Å²) >= 11 is 0.